The van der Waals surface area contributed by atoms with Crippen molar-refractivity contribution in [3.8, 4) is 17.2 Å². The summed E-state index contributed by atoms with van der Waals surface area (Å²) in [6, 6.07) is 3.23. The van der Waals surface area contributed by atoms with Gasteiger partial charge in [-0.15, -0.1) is 0 Å². The molecular weight excluding hydrogens is 312 g/mol. The molecule has 24 heavy (non-hydrogen) atoms. The summed E-state index contributed by atoms with van der Waals surface area (Å²) in [4.78, 5) is 24.4. The minimum atomic E-state index is -0.561. The van der Waals surface area contributed by atoms with Crippen molar-refractivity contribution in [1.29, 1.82) is 0 Å². The maximum absolute atomic E-state index is 12.5. The highest BCUT2D eigenvalue weighted by molar-refractivity contribution is 5.92. The van der Waals surface area contributed by atoms with Crippen molar-refractivity contribution in [2.24, 2.45) is 0 Å². The van der Waals surface area contributed by atoms with Crippen LogP contribution in [0.15, 0.2) is 23.1 Å². The quantitative estimate of drug-likeness (QED) is 0.878. The third-order valence-electron chi connectivity index (χ3n) is 3.62. The Morgan fingerprint density at radius 1 is 1.08 bits per heavy atom. The van der Waals surface area contributed by atoms with Gasteiger partial charge in [0.25, 0.3) is 5.56 Å². The Bertz CT molecular complexity index is 798. The Morgan fingerprint density at radius 3 is 2.25 bits per heavy atom. The minimum absolute atomic E-state index is 0.185. The van der Waals surface area contributed by atoms with Gasteiger partial charge in [-0.05, 0) is 25.5 Å². The molecule has 1 aromatic carbocycles. The lowest BCUT2D eigenvalue weighted by Gasteiger charge is -2.14. The normalized spacial score (nSPS) is 10.5. The van der Waals surface area contributed by atoms with E-state index in [1.54, 1.807) is 12.1 Å². The zero-order chi connectivity index (χ0) is 17.7. The fourth-order valence-corrected chi connectivity index (χ4v) is 2.36. The average Bonchev–Trinajstić information content (AvgIpc) is 2.61. The molecule has 2 rings (SSSR count). The van der Waals surface area contributed by atoms with Crippen LogP contribution in [0.3, 0.4) is 0 Å². The summed E-state index contributed by atoms with van der Waals surface area (Å²) in [5.41, 5.74) is -0.185. The highest BCUT2D eigenvalue weighted by Gasteiger charge is 2.16. The standard InChI is InChI=1S/C17H22N2O5/c1-5-7-18-17(21)24-15-10-19(6-2)16(20)12-9-14(23-4)13(22-3)8-11(12)15/h8-10H,5-7H2,1-4H3,(H,18,21). The van der Waals surface area contributed by atoms with Crippen LogP contribution >= 0.6 is 0 Å². The van der Waals surface area contributed by atoms with Gasteiger partial charge in [0.15, 0.2) is 17.2 Å². The number of aromatic nitrogens is 1. The number of carbonyl (C=O) groups is 1. The van der Waals surface area contributed by atoms with E-state index in [-0.39, 0.29) is 5.56 Å². The van der Waals surface area contributed by atoms with Gasteiger partial charge in [-0.3, -0.25) is 4.79 Å². The number of aryl methyl sites for hydroxylation is 1. The van der Waals surface area contributed by atoms with E-state index in [1.807, 2.05) is 13.8 Å². The van der Waals surface area contributed by atoms with Gasteiger partial charge in [0.05, 0.1) is 25.8 Å². The molecule has 1 N–H and O–H groups in total. The molecule has 0 bridgehead atoms. The number of fused-ring (bicyclic) bond motifs is 1. The van der Waals surface area contributed by atoms with E-state index in [2.05, 4.69) is 5.32 Å². The number of methoxy groups -OCH3 is 2. The van der Waals surface area contributed by atoms with Gasteiger partial charge in [0, 0.05) is 18.5 Å². The van der Waals surface area contributed by atoms with Crippen molar-refractivity contribution in [2.75, 3.05) is 20.8 Å². The molecule has 0 aliphatic heterocycles. The molecule has 1 heterocycles. The molecule has 7 heteroatoms. The van der Waals surface area contributed by atoms with Gasteiger partial charge in [-0.25, -0.2) is 4.79 Å². The van der Waals surface area contributed by atoms with E-state index in [4.69, 9.17) is 14.2 Å². The summed E-state index contributed by atoms with van der Waals surface area (Å²) in [6.07, 6.45) is 1.77. The molecule has 0 spiro atoms. The number of nitrogens with zero attached hydrogens (tertiary/aromatic N) is 1. The van der Waals surface area contributed by atoms with Gasteiger partial charge in [-0.1, -0.05) is 6.92 Å². The number of rotatable bonds is 6. The van der Waals surface area contributed by atoms with Gasteiger partial charge in [-0.2, -0.15) is 0 Å². The Balaban J connectivity index is 2.62. The molecule has 0 unspecified atom stereocenters. The number of carbonyl (C=O) groups excluding carboxylic acids is 1. The number of hydrogen-bond donors (Lipinski definition) is 1. The fraction of sp³-hybridized carbons (Fsp3) is 0.412. The third-order valence-corrected chi connectivity index (χ3v) is 3.62. The third kappa shape index (κ3) is 3.45. The van der Waals surface area contributed by atoms with E-state index >= 15 is 0 Å². The van der Waals surface area contributed by atoms with Crippen molar-refractivity contribution in [2.45, 2.75) is 26.8 Å². The van der Waals surface area contributed by atoms with E-state index in [9.17, 15) is 9.59 Å². The number of ether oxygens (including phenoxy) is 3. The summed E-state index contributed by atoms with van der Waals surface area (Å²) in [7, 11) is 3.01. The zero-order valence-electron chi connectivity index (χ0n) is 14.3. The van der Waals surface area contributed by atoms with Crippen LogP contribution in [0.2, 0.25) is 0 Å². The first-order valence-electron chi connectivity index (χ1n) is 7.80. The average molecular weight is 334 g/mol. The Hall–Kier alpha value is -2.70. The minimum Gasteiger partial charge on any atom is -0.493 e. The molecular formula is C17H22N2O5. The Labute approximate surface area is 140 Å². The van der Waals surface area contributed by atoms with Gasteiger partial charge in [0.1, 0.15) is 0 Å². The molecule has 0 radical (unpaired) electrons. The van der Waals surface area contributed by atoms with Gasteiger partial charge < -0.3 is 24.1 Å². The molecule has 0 aliphatic rings. The fourth-order valence-electron chi connectivity index (χ4n) is 2.36. The second kappa shape index (κ2) is 7.72. The molecule has 2 aromatic rings. The summed E-state index contributed by atoms with van der Waals surface area (Å²) < 4.78 is 17.4. The van der Waals surface area contributed by atoms with Crippen molar-refractivity contribution >= 4 is 16.9 Å². The molecule has 0 atom stereocenters. The van der Waals surface area contributed by atoms with Crippen molar-refractivity contribution in [3.63, 3.8) is 0 Å². The lowest BCUT2D eigenvalue weighted by molar-refractivity contribution is 0.200. The first kappa shape index (κ1) is 17.7. The summed E-state index contributed by atoms with van der Waals surface area (Å²) in [5, 5.41) is 3.54. The second-order valence-electron chi connectivity index (χ2n) is 5.15. The summed E-state index contributed by atoms with van der Waals surface area (Å²) >= 11 is 0. The molecule has 0 saturated carbocycles. The first-order chi connectivity index (χ1) is 11.5. The lowest BCUT2D eigenvalue weighted by Crippen LogP contribution is -2.28. The molecule has 0 fully saturated rings. The predicted octanol–water partition coefficient (Wildman–Crippen LogP) is 2.54. The topological polar surface area (TPSA) is 78.8 Å². The summed E-state index contributed by atoms with van der Waals surface area (Å²) in [5.74, 6) is 1.19. The Morgan fingerprint density at radius 2 is 1.71 bits per heavy atom. The van der Waals surface area contributed by atoms with Crippen LogP contribution in [0.25, 0.3) is 10.8 Å². The largest absolute Gasteiger partial charge is 0.493 e. The van der Waals surface area contributed by atoms with E-state index in [0.29, 0.717) is 41.1 Å². The van der Waals surface area contributed by atoms with Crippen LogP contribution in [-0.4, -0.2) is 31.4 Å². The first-order valence-corrected chi connectivity index (χ1v) is 7.80. The Kier molecular flexibility index (Phi) is 5.68. The smallest absolute Gasteiger partial charge is 0.412 e. The highest BCUT2D eigenvalue weighted by atomic mass is 16.6. The molecule has 7 nitrogen and oxygen atoms in total. The van der Waals surface area contributed by atoms with E-state index in [1.165, 1.54) is 25.0 Å². The lowest BCUT2D eigenvalue weighted by atomic mass is 10.1. The maximum atomic E-state index is 12.5. The van der Waals surface area contributed by atoms with Crippen molar-refractivity contribution in [1.82, 2.24) is 9.88 Å². The van der Waals surface area contributed by atoms with E-state index in [0.717, 1.165) is 6.42 Å². The molecule has 1 aromatic heterocycles. The van der Waals surface area contributed by atoms with Crippen LogP contribution in [0.1, 0.15) is 20.3 Å². The number of pyridine rings is 1. The van der Waals surface area contributed by atoms with Crippen LogP contribution in [0.4, 0.5) is 4.79 Å². The number of hydrogen-bond acceptors (Lipinski definition) is 5. The molecule has 0 saturated heterocycles. The second-order valence-corrected chi connectivity index (χ2v) is 5.15. The predicted molar refractivity (Wildman–Crippen MR) is 91.3 cm³/mol. The van der Waals surface area contributed by atoms with Crippen molar-refractivity contribution in [3.05, 3.63) is 28.7 Å². The molecule has 1 amide bonds. The summed E-state index contributed by atoms with van der Waals surface area (Å²) in [6.45, 7) is 4.76. The number of nitrogens with one attached hydrogen (secondary N) is 1. The van der Waals surface area contributed by atoms with E-state index < -0.39 is 6.09 Å². The maximum Gasteiger partial charge on any atom is 0.412 e. The number of benzene rings is 1. The number of amides is 1. The molecule has 130 valence electrons. The highest BCUT2D eigenvalue weighted by Crippen LogP contribution is 2.34. The van der Waals surface area contributed by atoms with Gasteiger partial charge >= 0.3 is 6.09 Å². The van der Waals surface area contributed by atoms with Crippen LogP contribution in [0.5, 0.6) is 17.2 Å². The van der Waals surface area contributed by atoms with Crippen molar-refractivity contribution < 1.29 is 19.0 Å². The van der Waals surface area contributed by atoms with Gasteiger partial charge in [0.2, 0.25) is 0 Å². The van der Waals surface area contributed by atoms with Crippen LogP contribution in [-0.2, 0) is 6.54 Å². The SMILES string of the molecule is CCCNC(=O)Oc1cn(CC)c(=O)c2cc(OC)c(OC)cc12. The van der Waals surface area contributed by atoms with Crippen LogP contribution in [0, 0.1) is 0 Å². The monoisotopic (exact) mass is 334 g/mol. The van der Waals surface area contributed by atoms with Crippen LogP contribution < -0.4 is 25.1 Å². The molecule has 0 aliphatic carbocycles. The zero-order valence-corrected chi connectivity index (χ0v) is 14.3.